The van der Waals surface area contributed by atoms with Crippen LogP contribution in [0.1, 0.15) is 22.5 Å². The lowest BCUT2D eigenvalue weighted by Gasteiger charge is -2.18. The maximum absolute atomic E-state index is 5.66. The van der Waals surface area contributed by atoms with Crippen molar-refractivity contribution in [1.29, 1.82) is 0 Å². The minimum atomic E-state index is 0.567. The lowest BCUT2D eigenvalue weighted by atomic mass is 10.1. The van der Waals surface area contributed by atoms with Gasteiger partial charge in [0.2, 0.25) is 5.95 Å². The fraction of sp³-hybridized carbons (Fsp3) is 0.333. The van der Waals surface area contributed by atoms with Crippen LogP contribution >= 0.6 is 0 Å². The van der Waals surface area contributed by atoms with Gasteiger partial charge < -0.3 is 10.6 Å². The molecule has 1 heterocycles. The van der Waals surface area contributed by atoms with Crippen LogP contribution in [0.25, 0.3) is 0 Å². The number of anilines is 1. The van der Waals surface area contributed by atoms with Crippen LogP contribution in [0.3, 0.4) is 0 Å². The summed E-state index contributed by atoms with van der Waals surface area (Å²) >= 11 is 0. The van der Waals surface area contributed by atoms with E-state index < -0.39 is 0 Å². The highest BCUT2D eigenvalue weighted by molar-refractivity contribution is 5.34. The molecule has 0 aliphatic rings. The molecule has 2 rings (SSSR count). The first kappa shape index (κ1) is 13.5. The Morgan fingerprint density at radius 1 is 1.05 bits per heavy atom. The van der Waals surface area contributed by atoms with Crippen LogP contribution in [-0.4, -0.2) is 17.0 Å². The predicted octanol–water partition coefficient (Wildman–Crippen LogP) is 2.19. The smallest absolute Gasteiger partial charge is 0.225 e. The van der Waals surface area contributed by atoms with E-state index in [1.165, 1.54) is 5.56 Å². The van der Waals surface area contributed by atoms with E-state index in [9.17, 15) is 0 Å². The van der Waals surface area contributed by atoms with E-state index in [1.807, 2.05) is 39.1 Å². The molecule has 1 aromatic heterocycles. The second kappa shape index (κ2) is 5.80. The molecule has 2 N–H and O–H groups in total. The van der Waals surface area contributed by atoms with Crippen molar-refractivity contribution in [2.75, 3.05) is 11.9 Å². The fourth-order valence-corrected chi connectivity index (χ4v) is 2.08. The topological polar surface area (TPSA) is 55.0 Å². The van der Waals surface area contributed by atoms with Gasteiger partial charge in [-0.15, -0.1) is 0 Å². The summed E-state index contributed by atoms with van der Waals surface area (Å²) in [5.74, 6) is 0.760. The van der Waals surface area contributed by atoms with Crippen molar-refractivity contribution in [3.8, 4) is 0 Å². The van der Waals surface area contributed by atoms with Crippen molar-refractivity contribution in [2.24, 2.45) is 5.73 Å². The molecular weight excluding hydrogens is 236 g/mol. The number of aryl methyl sites for hydroxylation is 2. The summed E-state index contributed by atoms with van der Waals surface area (Å²) in [5, 5.41) is 0. The molecule has 0 fully saturated rings. The molecule has 0 aliphatic heterocycles. The quantitative estimate of drug-likeness (QED) is 0.911. The molecule has 0 bridgehead atoms. The van der Waals surface area contributed by atoms with Gasteiger partial charge in [0.1, 0.15) is 0 Å². The van der Waals surface area contributed by atoms with Crippen LogP contribution in [0.15, 0.2) is 30.3 Å². The van der Waals surface area contributed by atoms with Crippen molar-refractivity contribution < 1.29 is 0 Å². The maximum atomic E-state index is 5.66. The molecule has 0 atom stereocenters. The Bertz CT molecular complexity index is 546. The molecule has 2 aromatic rings. The molecule has 0 amide bonds. The number of rotatable bonds is 4. The Kier molecular flexibility index (Phi) is 4.12. The lowest BCUT2D eigenvalue weighted by molar-refractivity contribution is 0.849. The molecule has 0 aliphatic carbocycles. The van der Waals surface area contributed by atoms with Crippen LogP contribution in [0.5, 0.6) is 0 Å². The van der Waals surface area contributed by atoms with E-state index in [0.717, 1.165) is 29.4 Å². The Morgan fingerprint density at radius 3 is 2.32 bits per heavy atom. The summed E-state index contributed by atoms with van der Waals surface area (Å²) in [6, 6.07) is 10.3. The molecule has 100 valence electrons. The number of benzene rings is 1. The minimum Gasteiger partial charge on any atom is -0.340 e. The molecule has 1 aromatic carbocycles. The van der Waals surface area contributed by atoms with E-state index in [2.05, 4.69) is 27.0 Å². The zero-order valence-electron chi connectivity index (χ0n) is 11.7. The van der Waals surface area contributed by atoms with Gasteiger partial charge in [-0.25, -0.2) is 9.97 Å². The standard InChI is InChI=1S/C15H20N4/c1-11-7-12(2)18-15(17-11)19(3)10-14-6-4-5-13(8-14)9-16/h4-8H,9-10,16H2,1-3H3. The van der Waals surface area contributed by atoms with Gasteiger partial charge in [-0.1, -0.05) is 24.3 Å². The van der Waals surface area contributed by atoms with Gasteiger partial charge in [-0.2, -0.15) is 0 Å². The average Bonchev–Trinajstić information content (AvgIpc) is 2.37. The minimum absolute atomic E-state index is 0.567. The van der Waals surface area contributed by atoms with Crippen molar-refractivity contribution in [2.45, 2.75) is 26.9 Å². The highest BCUT2D eigenvalue weighted by Crippen LogP contribution is 2.13. The van der Waals surface area contributed by atoms with Crippen molar-refractivity contribution in [3.05, 3.63) is 52.8 Å². The van der Waals surface area contributed by atoms with Crippen LogP contribution < -0.4 is 10.6 Å². The van der Waals surface area contributed by atoms with E-state index in [4.69, 9.17) is 5.73 Å². The maximum Gasteiger partial charge on any atom is 0.225 e. The number of hydrogen-bond acceptors (Lipinski definition) is 4. The molecule has 19 heavy (non-hydrogen) atoms. The molecule has 0 saturated carbocycles. The van der Waals surface area contributed by atoms with Crippen LogP contribution in [0, 0.1) is 13.8 Å². The Hall–Kier alpha value is -1.94. The first-order chi connectivity index (χ1) is 9.08. The molecule has 4 heteroatoms. The highest BCUT2D eigenvalue weighted by Gasteiger charge is 2.07. The van der Waals surface area contributed by atoms with Gasteiger partial charge in [0.15, 0.2) is 0 Å². The first-order valence-electron chi connectivity index (χ1n) is 6.40. The Labute approximate surface area is 114 Å². The zero-order chi connectivity index (χ0) is 13.8. The molecular formula is C15H20N4. The van der Waals surface area contributed by atoms with Crippen LogP contribution in [0.2, 0.25) is 0 Å². The van der Waals surface area contributed by atoms with E-state index in [0.29, 0.717) is 6.54 Å². The number of nitrogens with zero attached hydrogens (tertiary/aromatic N) is 3. The third kappa shape index (κ3) is 3.51. The van der Waals surface area contributed by atoms with E-state index in [-0.39, 0.29) is 0 Å². The molecule has 0 spiro atoms. The molecule has 0 unspecified atom stereocenters. The first-order valence-corrected chi connectivity index (χ1v) is 6.40. The van der Waals surface area contributed by atoms with Gasteiger partial charge in [-0.05, 0) is 31.0 Å². The van der Waals surface area contributed by atoms with Crippen LogP contribution in [-0.2, 0) is 13.1 Å². The largest absolute Gasteiger partial charge is 0.340 e. The Balaban J connectivity index is 2.17. The fourth-order valence-electron chi connectivity index (χ4n) is 2.08. The molecule has 4 nitrogen and oxygen atoms in total. The van der Waals surface area contributed by atoms with Crippen molar-refractivity contribution in [1.82, 2.24) is 9.97 Å². The van der Waals surface area contributed by atoms with E-state index in [1.54, 1.807) is 0 Å². The summed E-state index contributed by atoms with van der Waals surface area (Å²) in [5.41, 5.74) is 10.0. The third-order valence-electron chi connectivity index (χ3n) is 2.96. The van der Waals surface area contributed by atoms with Gasteiger partial charge in [-0.3, -0.25) is 0 Å². The summed E-state index contributed by atoms with van der Waals surface area (Å²) in [4.78, 5) is 11.0. The number of hydrogen-bond donors (Lipinski definition) is 1. The highest BCUT2D eigenvalue weighted by atomic mass is 15.2. The number of nitrogens with two attached hydrogens (primary N) is 1. The van der Waals surface area contributed by atoms with Crippen molar-refractivity contribution in [3.63, 3.8) is 0 Å². The molecule has 0 saturated heterocycles. The Morgan fingerprint density at radius 2 is 1.68 bits per heavy atom. The predicted molar refractivity (Wildman–Crippen MR) is 77.9 cm³/mol. The zero-order valence-corrected chi connectivity index (χ0v) is 11.7. The van der Waals surface area contributed by atoms with Gasteiger partial charge in [0.05, 0.1) is 0 Å². The third-order valence-corrected chi connectivity index (χ3v) is 2.96. The molecule has 0 radical (unpaired) electrons. The van der Waals surface area contributed by atoms with Gasteiger partial charge >= 0.3 is 0 Å². The second-order valence-electron chi connectivity index (χ2n) is 4.83. The lowest BCUT2D eigenvalue weighted by Crippen LogP contribution is -2.20. The summed E-state index contributed by atoms with van der Waals surface area (Å²) in [6.07, 6.45) is 0. The van der Waals surface area contributed by atoms with E-state index >= 15 is 0 Å². The van der Waals surface area contributed by atoms with Crippen molar-refractivity contribution >= 4 is 5.95 Å². The van der Waals surface area contributed by atoms with Crippen LogP contribution in [0.4, 0.5) is 5.95 Å². The monoisotopic (exact) mass is 256 g/mol. The van der Waals surface area contributed by atoms with Gasteiger partial charge in [0.25, 0.3) is 0 Å². The normalized spacial score (nSPS) is 10.5. The van der Waals surface area contributed by atoms with Gasteiger partial charge in [0, 0.05) is 31.5 Å². The number of aromatic nitrogens is 2. The summed E-state index contributed by atoms with van der Waals surface area (Å²) < 4.78 is 0. The summed E-state index contributed by atoms with van der Waals surface area (Å²) in [7, 11) is 2.00. The summed E-state index contributed by atoms with van der Waals surface area (Å²) in [6.45, 7) is 5.32. The average molecular weight is 256 g/mol. The second-order valence-corrected chi connectivity index (χ2v) is 4.83. The SMILES string of the molecule is Cc1cc(C)nc(N(C)Cc2cccc(CN)c2)n1.